The number of carbonyl (C=O) groups is 2. The lowest BCUT2D eigenvalue weighted by Gasteiger charge is -2.35. The first-order valence-electron chi connectivity index (χ1n) is 8.07. The van der Waals surface area contributed by atoms with Crippen LogP contribution in [-0.4, -0.2) is 53.8 Å². The van der Waals surface area contributed by atoms with Gasteiger partial charge in [0.25, 0.3) is 5.91 Å². The van der Waals surface area contributed by atoms with Gasteiger partial charge >= 0.3 is 5.97 Å². The van der Waals surface area contributed by atoms with Crippen molar-refractivity contribution in [1.82, 2.24) is 4.90 Å². The van der Waals surface area contributed by atoms with Gasteiger partial charge in [0.05, 0.1) is 12.6 Å². The highest BCUT2D eigenvalue weighted by molar-refractivity contribution is 5.80. The van der Waals surface area contributed by atoms with E-state index < -0.39 is 12.1 Å². The normalized spacial score (nSPS) is 21.4. The fourth-order valence-electron chi connectivity index (χ4n) is 2.73. The minimum atomic E-state index is -1.06. The lowest BCUT2D eigenvalue weighted by atomic mass is 9.86. The molecule has 1 aromatic rings. The second-order valence-corrected chi connectivity index (χ2v) is 7.11. The van der Waals surface area contributed by atoms with Crippen LogP contribution in [0.25, 0.3) is 0 Å². The summed E-state index contributed by atoms with van der Waals surface area (Å²) in [5.41, 5.74) is 0.929. The first kappa shape index (κ1) is 18.3. The Balaban J connectivity index is 2.02. The van der Waals surface area contributed by atoms with E-state index >= 15 is 0 Å². The van der Waals surface area contributed by atoms with Crippen molar-refractivity contribution in [2.45, 2.75) is 45.3 Å². The number of ether oxygens (including phenoxy) is 2. The first-order valence-corrected chi connectivity index (χ1v) is 8.07. The molecule has 1 N–H and O–H groups in total. The van der Waals surface area contributed by atoms with Gasteiger partial charge in [-0.1, -0.05) is 39.0 Å². The fraction of sp³-hybridized carbons (Fsp3) is 0.556. The Labute approximate surface area is 142 Å². The summed E-state index contributed by atoms with van der Waals surface area (Å²) in [6.45, 7) is 8.29. The molecule has 0 spiro atoms. The Bertz CT molecular complexity index is 608. The van der Waals surface area contributed by atoms with E-state index in [1.165, 1.54) is 4.90 Å². The van der Waals surface area contributed by atoms with Crippen molar-refractivity contribution < 1.29 is 24.2 Å². The van der Waals surface area contributed by atoms with E-state index in [0.29, 0.717) is 12.3 Å². The summed E-state index contributed by atoms with van der Waals surface area (Å²) >= 11 is 0. The molecule has 0 aromatic heterocycles. The third-order valence-corrected chi connectivity index (χ3v) is 3.93. The monoisotopic (exact) mass is 335 g/mol. The van der Waals surface area contributed by atoms with Gasteiger partial charge in [0, 0.05) is 6.54 Å². The largest absolute Gasteiger partial charge is 0.483 e. The molecule has 1 aliphatic heterocycles. The predicted molar refractivity (Wildman–Crippen MR) is 89.2 cm³/mol. The molecule has 1 saturated heterocycles. The van der Waals surface area contributed by atoms with E-state index in [1.54, 1.807) is 6.92 Å². The molecule has 0 aliphatic carbocycles. The highest BCUT2D eigenvalue weighted by atomic mass is 16.5. The van der Waals surface area contributed by atoms with Gasteiger partial charge < -0.3 is 19.5 Å². The summed E-state index contributed by atoms with van der Waals surface area (Å²) in [5.74, 6) is -0.618. The van der Waals surface area contributed by atoms with E-state index in [9.17, 15) is 9.59 Å². The van der Waals surface area contributed by atoms with Gasteiger partial charge in [-0.2, -0.15) is 0 Å². The Morgan fingerprint density at radius 3 is 2.58 bits per heavy atom. The van der Waals surface area contributed by atoms with Gasteiger partial charge in [-0.15, -0.1) is 0 Å². The molecule has 132 valence electrons. The van der Waals surface area contributed by atoms with Crippen LogP contribution in [0.3, 0.4) is 0 Å². The second-order valence-electron chi connectivity index (χ2n) is 7.11. The van der Waals surface area contributed by atoms with Crippen LogP contribution in [0.4, 0.5) is 0 Å². The molecule has 6 heteroatoms. The van der Waals surface area contributed by atoms with Crippen LogP contribution >= 0.6 is 0 Å². The Hall–Kier alpha value is -2.08. The average Bonchev–Trinajstić information content (AvgIpc) is 2.51. The van der Waals surface area contributed by atoms with Crippen molar-refractivity contribution in [2.75, 3.05) is 19.7 Å². The maximum atomic E-state index is 12.4. The summed E-state index contributed by atoms with van der Waals surface area (Å²) in [6.07, 6.45) is -1.30. The zero-order valence-electron chi connectivity index (χ0n) is 14.6. The molecule has 0 radical (unpaired) electrons. The number of carboxylic acid groups (broad SMARTS) is 1. The number of hydrogen-bond donors (Lipinski definition) is 1. The molecule has 6 nitrogen and oxygen atoms in total. The minimum Gasteiger partial charge on any atom is -0.483 e. The molecule has 1 aromatic carbocycles. The number of amides is 1. The van der Waals surface area contributed by atoms with Gasteiger partial charge in [-0.3, -0.25) is 4.79 Å². The summed E-state index contributed by atoms with van der Waals surface area (Å²) in [4.78, 5) is 25.0. The SMILES string of the molecule is C[C@@H]1CN(C(=O)COc2ccccc2C(C)(C)C)CC(C(=O)O)O1. The zero-order valence-corrected chi connectivity index (χ0v) is 14.6. The number of carbonyl (C=O) groups excluding carboxylic acids is 1. The third-order valence-electron chi connectivity index (χ3n) is 3.93. The maximum Gasteiger partial charge on any atom is 0.334 e. The van der Waals surface area contributed by atoms with E-state index in [2.05, 4.69) is 20.8 Å². The Morgan fingerprint density at radius 2 is 1.96 bits per heavy atom. The molecule has 2 rings (SSSR count). The van der Waals surface area contributed by atoms with Gasteiger partial charge in [0.2, 0.25) is 0 Å². The molecule has 0 saturated carbocycles. The molecule has 24 heavy (non-hydrogen) atoms. The smallest absolute Gasteiger partial charge is 0.334 e. The molecule has 1 unspecified atom stereocenters. The summed E-state index contributed by atoms with van der Waals surface area (Å²) in [6, 6.07) is 7.63. The van der Waals surface area contributed by atoms with Crippen molar-refractivity contribution in [3.8, 4) is 5.75 Å². The van der Waals surface area contributed by atoms with Crippen LogP contribution in [0.5, 0.6) is 5.75 Å². The van der Waals surface area contributed by atoms with Crippen LogP contribution in [-0.2, 0) is 19.7 Å². The highest BCUT2D eigenvalue weighted by Crippen LogP contribution is 2.30. The van der Waals surface area contributed by atoms with Gasteiger partial charge in [-0.05, 0) is 24.0 Å². The molecule has 1 aliphatic rings. The summed E-state index contributed by atoms with van der Waals surface area (Å²) in [7, 11) is 0. The lowest BCUT2D eigenvalue weighted by Crippen LogP contribution is -2.52. The maximum absolute atomic E-state index is 12.4. The molecule has 1 amide bonds. The molecule has 1 fully saturated rings. The summed E-state index contributed by atoms with van der Waals surface area (Å²) in [5, 5.41) is 9.10. The number of rotatable bonds is 4. The van der Waals surface area contributed by atoms with E-state index in [4.69, 9.17) is 14.6 Å². The van der Waals surface area contributed by atoms with Crippen molar-refractivity contribution in [3.05, 3.63) is 29.8 Å². The quantitative estimate of drug-likeness (QED) is 0.911. The standard InChI is InChI=1S/C18H25NO5/c1-12-9-19(10-15(24-12)17(21)22)16(20)11-23-14-8-6-5-7-13(14)18(2,3)4/h5-8,12,15H,9-11H2,1-4H3,(H,21,22)/t12-,15?/m1/s1. The number of para-hydroxylation sites is 1. The number of nitrogens with zero attached hydrogens (tertiary/aromatic N) is 1. The molecular formula is C18H25NO5. The van der Waals surface area contributed by atoms with Crippen molar-refractivity contribution >= 4 is 11.9 Å². The lowest BCUT2D eigenvalue weighted by molar-refractivity contribution is -0.167. The molecular weight excluding hydrogens is 310 g/mol. The van der Waals surface area contributed by atoms with Gasteiger partial charge in [-0.25, -0.2) is 4.79 Å². The van der Waals surface area contributed by atoms with Crippen LogP contribution in [0.1, 0.15) is 33.3 Å². The number of hydrogen-bond acceptors (Lipinski definition) is 4. The van der Waals surface area contributed by atoms with Crippen LogP contribution in [0, 0.1) is 0 Å². The van der Waals surface area contributed by atoms with E-state index in [0.717, 1.165) is 5.56 Å². The Morgan fingerprint density at radius 1 is 1.29 bits per heavy atom. The van der Waals surface area contributed by atoms with Crippen molar-refractivity contribution in [2.24, 2.45) is 0 Å². The van der Waals surface area contributed by atoms with Crippen LogP contribution in [0.2, 0.25) is 0 Å². The average molecular weight is 335 g/mol. The van der Waals surface area contributed by atoms with Gasteiger partial charge in [0.1, 0.15) is 5.75 Å². The molecule has 1 heterocycles. The third kappa shape index (κ3) is 4.47. The second kappa shape index (κ2) is 7.21. The minimum absolute atomic E-state index is 0.0444. The van der Waals surface area contributed by atoms with Crippen molar-refractivity contribution in [3.63, 3.8) is 0 Å². The number of carboxylic acids is 1. The van der Waals surface area contributed by atoms with Crippen LogP contribution in [0.15, 0.2) is 24.3 Å². The van der Waals surface area contributed by atoms with E-state index in [-0.39, 0.29) is 30.6 Å². The molecule has 0 bridgehead atoms. The number of morpholine rings is 1. The highest BCUT2D eigenvalue weighted by Gasteiger charge is 2.32. The summed E-state index contributed by atoms with van der Waals surface area (Å²) < 4.78 is 11.1. The number of aliphatic carboxylic acids is 1. The van der Waals surface area contributed by atoms with Crippen LogP contribution < -0.4 is 4.74 Å². The fourth-order valence-corrected chi connectivity index (χ4v) is 2.73. The number of benzene rings is 1. The van der Waals surface area contributed by atoms with E-state index in [1.807, 2.05) is 24.3 Å². The first-order chi connectivity index (χ1) is 11.2. The predicted octanol–water partition coefficient (Wildman–Crippen LogP) is 2.06. The zero-order chi connectivity index (χ0) is 17.9. The molecule has 2 atom stereocenters. The topological polar surface area (TPSA) is 76.1 Å². The van der Waals surface area contributed by atoms with Crippen molar-refractivity contribution in [1.29, 1.82) is 0 Å². The Kier molecular flexibility index (Phi) is 5.49. The van der Waals surface area contributed by atoms with Gasteiger partial charge in [0.15, 0.2) is 12.7 Å².